The van der Waals surface area contributed by atoms with Crippen molar-refractivity contribution in [1.82, 2.24) is 0 Å². The van der Waals surface area contributed by atoms with E-state index in [1.165, 1.54) is 0 Å². The Balaban J connectivity index is 2.12. The minimum atomic E-state index is -0.383. The molecule has 2 aromatic carbocycles. The number of anilines is 1. The second-order valence-electron chi connectivity index (χ2n) is 5.73. The van der Waals surface area contributed by atoms with Crippen molar-refractivity contribution in [2.24, 2.45) is 5.73 Å². The van der Waals surface area contributed by atoms with Crippen LogP contribution in [0.3, 0.4) is 0 Å². The molecule has 3 rings (SSSR count). The first-order chi connectivity index (χ1) is 12.6. The fourth-order valence-electron chi connectivity index (χ4n) is 2.95. The van der Waals surface area contributed by atoms with E-state index >= 15 is 0 Å². The topological polar surface area (TPSA) is 104 Å². The summed E-state index contributed by atoms with van der Waals surface area (Å²) >= 11 is 0. The van der Waals surface area contributed by atoms with Gasteiger partial charge in [-0.2, -0.15) is 5.26 Å². The maximum absolute atomic E-state index is 9.61. The van der Waals surface area contributed by atoms with Crippen LogP contribution in [0.1, 0.15) is 17.0 Å². The Morgan fingerprint density at radius 1 is 1.23 bits per heavy atom. The molecule has 0 bridgehead atoms. The highest BCUT2D eigenvalue weighted by molar-refractivity contribution is 5.60. The highest BCUT2D eigenvalue weighted by Gasteiger charge is 2.31. The lowest BCUT2D eigenvalue weighted by Crippen LogP contribution is -2.21. The van der Waals surface area contributed by atoms with E-state index in [9.17, 15) is 5.26 Å². The largest absolute Gasteiger partial charge is 0.493 e. The van der Waals surface area contributed by atoms with E-state index in [4.69, 9.17) is 25.7 Å². The van der Waals surface area contributed by atoms with E-state index in [-0.39, 0.29) is 11.8 Å². The summed E-state index contributed by atoms with van der Waals surface area (Å²) in [6.07, 6.45) is 1.66. The van der Waals surface area contributed by atoms with Gasteiger partial charge in [0.05, 0.1) is 13.0 Å². The maximum atomic E-state index is 9.61. The summed E-state index contributed by atoms with van der Waals surface area (Å²) in [5.41, 5.74) is 14.4. The lowest BCUT2D eigenvalue weighted by atomic mass is 9.83. The number of nitrogen functional groups attached to an aromatic ring is 1. The fraction of sp³-hybridized carbons (Fsp3) is 0.150. The van der Waals surface area contributed by atoms with Crippen molar-refractivity contribution in [1.29, 1.82) is 5.26 Å². The van der Waals surface area contributed by atoms with Gasteiger partial charge in [0.1, 0.15) is 24.0 Å². The lowest BCUT2D eigenvalue weighted by molar-refractivity contribution is 0.326. The van der Waals surface area contributed by atoms with Crippen LogP contribution in [-0.2, 0) is 0 Å². The van der Waals surface area contributed by atoms with Gasteiger partial charge in [-0.1, -0.05) is 24.8 Å². The molecule has 1 aliphatic heterocycles. The van der Waals surface area contributed by atoms with Gasteiger partial charge in [-0.3, -0.25) is 0 Å². The molecule has 0 spiro atoms. The number of nitriles is 1. The highest BCUT2D eigenvalue weighted by Crippen LogP contribution is 2.44. The zero-order valence-corrected chi connectivity index (χ0v) is 14.4. The molecule has 6 heteroatoms. The number of ether oxygens (including phenoxy) is 3. The molecule has 0 aromatic heterocycles. The summed E-state index contributed by atoms with van der Waals surface area (Å²) in [7, 11) is 1.56. The van der Waals surface area contributed by atoms with Crippen molar-refractivity contribution in [2.75, 3.05) is 19.5 Å². The first-order valence-corrected chi connectivity index (χ1v) is 7.97. The third kappa shape index (κ3) is 3.03. The van der Waals surface area contributed by atoms with E-state index < -0.39 is 0 Å². The normalized spacial score (nSPS) is 15.5. The van der Waals surface area contributed by atoms with Crippen LogP contribution in [-0.4, -0.2) is 13.7 Å². The van der Waals surface area contributed by atoms with Gasteiger partial charge in [-0.05, 0) is 23.8 Å². The van der Waals surface area contributed by atoms with E-state index in [0.29, 0.717) is 35.1 Å². The number of hydrogen-bond donors (Lipinski definition) is 2. The Hall–Kier alpha value is -3.59. The van der Waals surface area contributed by atoms with Crippen molar-refractivity contribution < 1.29 is 14.2 Å². The number of allylic oxidation sites excluding steroid dienone is 1. The first kappa shape index (κ1) is 17.2. The van der Waals surface area contributed by atoms with Gasteiger partial charge >= 0.3 is 0 Å². The SMILES string of the molecule is C=CCOc1ccc(C2C(C#N)=C(N)Oc3cc(N)ccc32)cc1OC. The van der Waals surface area contributed by atoms with Crippen molar-refractivity contribution >= 4 is 5.69 Å². The molecule has 6 nitrogen and oxygen atoms in total. The van der Waals surface area contributed by atoms with Crippen LogP contribution in [0.4, 0.5) is 5.69 Å². The summed E-state index contributed by atoms with van der Waals surface area (Å²) in [5.74, 6) is 1.38. The number of hydrogen-bond acceptors (Lipinski definition) is 6. The van der Waals surface area contributed by atoms with Gasteiger partial charge in [0.25, 0.3) is 0 Å². The quantitative estimate of drug-likeness (QED) is 0.635. The minimum absolute atomic E-state index is 0.0709. The van der Waals surface area contributed by atoms with Crippen molar-refractivity contribution in [3.8, 4) is 23.3 Å². The molecule has 0 saturated heterocycles. The van der Waals surface area contributed by atoms with Crippen molar-refractivity contribution in [3.63, 3.8) is 0 Å². The Labute approximate surface area is 151 Å². The molecule has 0 aliphatic carbocycles. The number of rotatable bonds is 5. The van der Waals surface area contributed by atoms with Crippen molar-refractivity contribution in [2.45, 2.75) is 5.92 Å². The Morgan fingerprint density at radius 3 is 2.73 bits per heavy atom. The average Bonchev–Trinajstić information content (AvgIpc) is 2.65. The van der Waals surface area contributed by atoms with Gasteiger partial charge in [-0.25, -0.2) is 0 Å². The smallest absolute Gasteiger partial charge is 0.205 e. The van der Waals surface area contributed by atoms with Crippen LogP contribution in [0.5, 0.6) is 17.2 Å². The molecule has 1 heterocycles. The summed E-state index contributed by atoms with van der Waals surface area (Å²) in [6, 6.07) is 13.0. The zero-order valence-electron chi connectivity index (χ0n) is 14.4. The third-order valence-electron chi connectivity index (χ3n) is 4.12. The molecule has 0 amide bonds. The van der Waals surface area contributed by atoms with Gasteiger partial charge < -0.3 is 25.7 Å². The maximum Gasteiger partial charge on any atom is 0.205 e. The molecule has 0 radical (unpaired) electrons. The van der Waals surface area contributed by atoms with Gasteiger partial charge in [0.2, 0.25) is 5.88 Å². The van der Waals surface area contributed by atoms with E-state index in [1.807, 2.05) is 18.2 Å². The molecule has 1 unspecified atom stereocenters. The summed E-state index contributed by atoms with van der Waals surface area (Å²) in [6.45, 7) is 4.00. The summed E-state index contributed by atoms with van der Waals surface area (Å²) in [4.78, 5) is 0. The first-order valence-electron chi connectivity index (χ1n) is 7.97. The predicted molar refractivity (Wildman–Crippen MR) is 98.8 cm³/mol. The molecule has 4 N–H and O–H groups in total. The molecule has 2 aromatic rings. The second kappa shape index (κ2) is 7.11. The van der Waals surface area contributed by atoms with E-state index in [0.717, 1.165) is 11.1 Å². The monoisotopic (exact) mass is 349 g/mol. The van der Waals surface area contributed by atoms with Crippen LogP contribution in [0.15, 0.2) is 60.5 Å². The molecule has 1 aliphatic rings. The number of methoxy groups -OCH3 is 1. The fourth-order valence-corrected chi connectivity index (χ4v) is 2.95. The Bertz CT molecular complexity index is 928. The molecule has 1 atom stereocenters. The van der Waals surface area contributed by atoms with Gasteiger partial charge in [0, 0.05) is 17.3 Å². The number of fused-ring (bicyclic) bond motifs is 1. The number of benzene rings is 2. The molecule has 0 fully saturated rings. The molecular formula is C20H19N3O3. The van der Waals surface area contributed by atoms with Crippen LogP contribution in [0.2, 0.25) is 0 Å². The summed E-state index contributed by atoms with van der Waals surface area (Å²) in [5, 5.41) is 9.61. The van der Waals surface area contributed by atoms with Crippen LogP contribution >= 0.6 is 0 Å². The lowest BCUT2D eigenvalue weighted by Gasteiger charge is -2.27. The Kier molecular flexibility index (Phi) is 4.72. The van der Waals surface area contributed by atoms with Crippen LogP contribution < -0.4 is 25.7 Å². The number of nitrogens with two attached hydrogens (primary N) is 2. The van der Waals surface area contributed by atoms with Crippen molar-refractivity contribution in [3.05, 3.63) is 71.6 Å². The minimum Gasteiger partial charge on any atom is -0.493 e. The number of nitrogens with zero attached hydrogens (tertiary/aromatic N) is 1. The van der Waals surface area contributed by atoms with Gasteiger partial charge in [0.15, 0.2) is 11.5 Å². The molecule has 0 saturated carbocycles. The second-order valence-corrected chi connectivity index (χ2v) is 5.73. The average molecular weight is 349 g/mol. The van der Waals surface area contributed by atoms with Crippen LogP contribution in [0, 0.1) is 11.3 Å². The highest BCUT2D eigenvalue weighted by atomic mass is 16.5. The van der Waals surface area contributed by atoms with E-state index in [2.05, 4.69) is 12.6 Å². The predicted octanol–water partition coefficient (Wildman–Crippen LogP) is 3.06. The third-order valence-corrected chi connectivity index (χ3v) is 4.12. The standard InChI is InChI=1S/C20H19N3O3/c1-3-8-25-16-7-4-12(9-18(16)24-2)19-14-6-5-13(22)10-17(14)26-20(23)15(19)11-21/h3-7,9-10,19H,1,8,22-23H2,2H3. The van der Waals surface area contributed by atoms with Crippen LogP contribution in [0.25, 0.3) is 0 Å². The van der Waals surface area contributed by atoms with Gasteiger partial charge in [-0.15, -0.1) is 0 Å². The van der Waals surface area contributed by atoms with E-state index in [1.54, 1.807) is 31.4 Å². The molecule has 132 valence electrons. The zero-order chi connectivity index (χ0) is 18.7. The molecule has 26 heavy (non-hydrogen) atoms. The Morgan fingerprint density at radius 2 is 2.04 bits per heavy atom. The molecular weight excluding hydrogens is 330 g/mol. The summed E-state index contributed by atoms with van der Waals surface area (Å²) < 4.78 is 16.6.